The second-order valence-corrected chi connectivity index (χ2v) is 9.70. The molecular weight excluding hydrogens is 430 g/mol. The summed E-state index contributed by atoms with van der Waals surface area (Å²) in [7, 11) is 0. The van der Waals surface area contributed by atoms with Crippen molar-refractivity contribution in [1.29, 1.82) is 0 Å². The molecule has 0 atom stereocenters. The molecule has 0 radical (unpaired) electrons. The first-order chi connectivity index (χ1) is 15.9. The number of hydrogen-bond acceptors (Lipinski definition) is 5. The molecule has 5 nitrogen and oxygen atoms in total. The van der Waals surface area contributed by atoms with E-state index in [1.165, 1.54) is 27.5 Å². The fraction of sp³-hybridized carbons (Fsp3) is 0.259. The predicted molar refractivity (Wildman–Crippen MR) is 135 cm³/mol. The number of carbonyl (C=O) groups excluding carboxylic acids is 2. The fourth-order valence-corrected chi connectivity index (χ4v) is 5.41. The van der Waals surface area contributed by atoms with Crippen LogP contribution in [0.3, 0.4) is 0 Å². The summed E-state index contributed by atoms with van der Waals surface area (Å²) in [5.74, 6) is -0.451. The zero-order valence-corrected chi connectivity index (χ0v) is 20.0. The molecular formula is C27H27N3O2S. The van der Waals surface area contributed by atoms with E-state index in [0.717, 1.165) is 29.1 Å². The van der Waals surface area contributed by atoms with Gasteiger partial charge in [0.05, 0.1) is 11.3 Å². The van der Waals surface area contributed by atoms with Crippen LogP contribution in [0.4, 0.5) is 11.4 Å². The largest absolute Gasteiger partial charge is 0.368 e. The van der Waals surface area contributed by atoms with Gasteiger partial charge in [0, 0.05) is 36.7 Å². The molecule has 3 heterocycles. The first kappa shape index (κ1) is 21.5. The molecule has 2 amide bonds. The number of nitrogens with zero attached hydrogens (tertiary/aromatic N) is 3. The number of carbonyl (C=O) groups is 2. The highest BCUT2D eigenvalue weighted by atomic mass is 32.1. The lowest BCUT2D eigenvalue weighted by molar-refractivity contribution is -0.120. The van der Waals surface area contributed by atoms with E-state index in [4.69, 9.17) is 0 Å². The number of aryl methyl sites for hydroxylation is 3. The van der Waals surface area contributed by atoms with Gasteiger partial charge in [-0.05, 0) is 67.1 Å². The number of anilines is 2. The molecule has 2 aliphatic heterocycles. The van der Waals surface area contributed by atoms with E-state index < -0.39 is 0 Å². The molecule has 1 fully saturated rings. The number of rotatable bonds is 4. The molecule has 6 heteroatoms. The first-order valence-corrected chi connectivity index (χ1v) is 12.1. The average Bonchev–Trinajstić information content (AvgIpc) is 3.42. The molecule has 168 valence electrons. The number of hydrogen-bond donors (Lipinski definition) is 0. The molecule has 3 aromatic rings. The van der Waals surface area contributed by atoms with Crippen molar-refractivity contribution >= 4 is 40.1 Å². The Kier molecular flexibility index (Phi) is 5.54. The molecule has 33 heavy (non-hydrogen) atoms. The highest BCUT2D eigenvalue weighted by Crippen LogP contribution is 2.38. The number of imide groups is 1. The van der Waals surface area contributed by atoms with E-state index in [2.05, 4.69) is 41.0 Å². The zero-order valence-electron chi connectivity index (χ0n) is 19.2. The SMILES string of the molecule is Cc1cccc(N2CCN(C3=C(c4cccs4)C(=O)N(c4cc(C)ccc4C)C3=O)CC2)c1. The van der Waals surface area contributed by atoms with Crippen LogP contribution in [-0.4, -0.2) is 42.9 Å². The third-order valence-corrected chi connectivity index (χ3v) is 7.28. The van der Waals surface area contributed by atoms with Gasteiger partial charge in [0.15, 0.2) is 0 Å². The Morgan fingerprint density at radius 1 is 0.758 bits per heavy atom. The Morgan fingerprint density at radius 2 is 1.48 bits per heavy atom. The summed E-state index contributed by atoms with van der Waals surface area (Å²) < 4.78 is 0. The van der Waals surface area contributed by atoms with Crippen LogP contribution in [-0.2, 0) is 9.59 Å². The minimum Gasteiger partial charge on any atom is -0.368 e. The maximum atomic E-state index is 13.8. The monoisotopic (exact) mass is 457 g/mol. The predicted octanol–water partition coefficient (Wildman–Crippen LogP) is 4.78. The maximum Gasteiger partial charge on any atom is 0.282 e. The molecule has 1 saturated heterocycles. The van der Waals surface area contributed by atoms with Gasteiger partial charge < -0.3 is 9.80 Å². The summed E-state index contributed by atoms with van der Waals surface area (Å²) in [6.07, 6.45) is 0. The highest BCUT2D eigenvalue weighted by molar-refractivity contribution is 7.11. The normalized spacial score (nSPS) is 16.9. The van der Waals surface area contributed by atoms with Gasteiger partial charge in [-0.15, -0.1) is 11.3 Å². The van der Waals surface area contributed by atoms with Crippen LogP contribution >= 0.6 is 11.3 Å². The lowest BCUT2D eigenvalue weighted by Crippen LogP contribution is -2.47. The van der Waals surface area contributed by atoms with Gasteiger partial charge >= 0.3 is 0 Å². The summed E-state index contributed by atoms with van der Waals surface area (Å²) in [5, 5.41) is 1.95. The molecule has 2 aromatic carbocycles. The smallest absolute Gasteiger partial charge is 0.282 e. The number of piperazine rings is 1. The molecule has 0 aliphatic carbocycles. The first-order valence-electron chi connectivity index (χ1n) is 11.2. The Labute approximate surface area is 198 Å². The zero-order chi connectivity index (χ0) is 23.1. The Balaban J connectivity index is 1.48. The number of amides is 2. The highest BCUT2D eigenvalue weighted by Gasteiger charge is 2.43. The minimum atomic E-state index is -0.229. The lowest BCUT2D eigenvalue weighted by Gasteiger charge is -2.37. The van der Waals surface area contributed by atoms with E-state index >= 15 is 0 Å². The molecule has 2 aliphatic rings. The summed E-state index contributed by atoms with van der Waals surface area (Å²) >= 11 is 1.50. The van der Waals surface area contributed by atoms with Gasteiger partial charge in [-0.1, -0.05) is 30.3 Å². The van der Waals surface area contributed by atoms with Gasteiger partial charge in [0.2, 0.25) is 0 Å². The summed E-state index contributed by atoms with van der Waals surface area (Å²) in [4.78, 5) is 34.1. The van der Waals surface area contributed by atoms with Gasteiger partial charge in [0.25, 0.3) is 11.8 Å². The van der Waals surface area contributed by atoms with Crippen molar-refractivity contribution in [2.24, 2.45) is 0 Å². The Hall–Kier alpha value is -3.38. The van der Waals surface area contributed by atoms with Crippen LogP contribution in [0.2, 0.25) is 0 Å². The van der Waals surface area contributed by atoms with E-state index in [9.17, 15) is 9.59 Å². The summed E-state index contributed by atoms with van der Waals surface area (Å²) in [5.41, 5.74) is 6.11. The van der Waals surface area contributed by atoms with Gasteiger partial charge in [0.1, 0.15) is 5.70 Å². The van der Waals surface area contributed by atoms with Crippen molar-refractivity contribution in [3.8, 4) is 0 Å². The second kappa shape index (κ2) is 8.52. The van der Waals surface area contributed by atoms with E-state index in [-0.39, 0.29) is 11.8 Å². The minimum absolute atomic E-state index is 0.221. The van der Waals surface area contributed by atoms with Gasteiger partial charge in [-0.2, -0.15) is 0 Å². The van der Waals surface area contributed by atoms with Crippen LogP contribution in [0.1, 0.15) is 21.6 Å². The molecule has 0 bridgehead atoms. The van der Waals surface area contributed by atoms with Crippen molar-refractivity contribution in [2.75, 3.05) is 36.0 Å². The van der Waals surface area contributed by atoms with Crippen LogP contribution in [0.5, 0.6) is 0 Å². The Bertz CT molecular complexity index is 1250. The van der Waals surface area contributed by atoms with Crippen LogP contribution in [0.25, 0.3) is 5.57 Å². The molecule has 0 N–H and O–H groups in total. The Morgan fingerprint density at radius 3 is 2.18 bits per heavy atom. The summed E-state index contributed by atoms with van der Waals surface area (Å²) in [6.45, 7) is 9.01. The van der Waals surface area contributed by atoms with Crippen LogP contribution < -0.4 is 9.80 Å². The van der Waals surface area contributed by atoms with E-state index in [1.807, 2.05) is 49.6 Å². The number of thiophene rings is 1. The van der Waals surface area contributed by atoms with E-state index in [1.54, 1.807) is 0 Å². The fourth-order valence-electron chi connectivity index (χ4n) is 4.65. The van der Waals surface area contributed by atoms with Gasteiger partial charge in [-0.3, -0.25) is 9.59 Å². The van der Waals surface area contributed by atoms with Crippen molar-refractivity contribution < 1.29 is 9.59 Å². The third kappa shape index (κ3) is 3.85. The lowest BCUT2D eigenvalue weighted by atomic mass is 10.1. The quantitative estimate of drug-likeness (QED) is 0.529. The third-order valence-electron chi connectivity index (χ3n) is 6.40. The van der Waals surface area contributed by atoms with Crippen LogP contribution in [0.15, 0.2) is 65.7 Å². The molecule has 0 unspecified atom stereocenters. The topological polar surface area (TPSA) is 43.9 Å². The average molecular weight is 458 g/mol. The molecule has 1 aromatic heterocycles. The van der Waals surface area contributed by atoms with Crippen molar-refractivity contribution in [3.05, 3.63) is 87.2 Å². The standard InChI is InChI=1S/C27H27N3O2S/c1-18-6-4-7-21(16-18)28-11-13-29(14-12-28)25-24(23-8-5-15-33-23)26(31)30(27(25)32)22-17-19(2)9-10-20(22)3/h4-10,15-17H,11-14H2,1-3H3. The van der Waals surface area contributed by atoms with Crippen LogP contribution in [0, 0.1) is 20.8 Å². The second-order valence-electron chi connectivity index (χ2n) is 8.75. The molecule has 0 spiro atoms. The van der Waals surface area contributed by atoms with Crippen molar-refractivity contribution in [1.82, 2.24) is 4.90 Å². The molecule has 5 rings (SSSR count). The maximum absolute atomic E-state index is 13.8. The summed E-state index contributed by atoms with van der Waals surface area (Å²) in [6, 6.07) is 18.3. The van der Waals surface area contributed by atoms with Crippen molar-refractivity contribution in [3.63, 3.8) is 0 Å². The van der Waals surface area contributed by atoms with E-state index in [0.29, 0.717) is 30.0 Å². The van der Waals surface area contributed by atoms with Crippen molar-refractivity contribution in [2.45, 2.75) is 20.8 Å². The van der Waals surface area contributed by atoms with Gasteiger partial charge in [-0.25, -0.2) is 4.90 Å². The molecule has 0 saturated carbocycles. The number of benzene rings is 2.